The fourth-order valence-electron chi connectivity index (χ4n) is 3.63. The van der Waals surface area contributed by atoms with E-state index in [-0.39, 0.29) is 11.3 Å². The van der Waals surface area contributed by atoms with Crippen LogP contribution in [0.1, 0.15) is 26.7 Å². The molecule has 5 nitrogen and oxygen atoms in total. The molecule has 3 aliphatic rings. The lowest BCUT2D eigenvalue weighted by Gasteiger charge is -2.32. The van der Waals surface area contributed by atoms with Crippen molar-refractivity contribution in [2.75, 3.05) is 0 Å². The number of hydrogen-bond donors (Lipinski definition) is 0. The highest BCUT2D eigenvalue weighted by molar-refractivity contribution is 7.87. The van der Waals surface area contributed by atoms with E-state index in [0.717, 1.165) is 6.42 Å². The molecule has 1 heterocycles. The van der Waals surface area contributed by atoms with Gasteiger partial charge < -0.3 is 4.74 Å². The molecule has 0 aromatic rings. The number of rotatable bonds is 2. The first kappa shape index (κ1) is 12.2. The summed E-state index contributed by atoms with van der Waals surface area (Å²) in [4.78, 5) is 11.6. The minimum atomic E-state index is -3.47. The van der Waals surface area contributed by atoms with Crippen molar-refractivity contribution >= 4 is 16.1 Å². The molecule has 5 atom stereocenters. The second-order valence-electron chi connectivity index (χ2n) is 5.92. The number of esters is 1. The molecule has 0 aromatic carbocycles. The van der Waals surface area contributed by atoms with Gasteiger partial charge in [0.25, 0.3) is 10.1 Å². The quantitative estimate of drug-likeness (QED) is 0.426. The van der Waals surface area contributed by atoms with Gasteiger partial charge in [0, 0.05) is 16.9 Å². The van der Waals surface area contributed by atoms with Crippen molar-refractivity contribution in [3.8, 4) is 0 Å². The zero-order chi connectivity index (χ0) is 13.3. The van der Waals surface area contributed by atoms with Crippen LogP contribution in [0.2, 0.25) is 0 Å². The normalized spacial score (nSPS) is 47.2. The minimum Gasteiger partial charge on any atom is -0.456 e. The van der Waals surface area contributed by atoms with Gasteiger partial charge >= 0.3 is 5.97 Å². The summed E-state index contributed by atoms with van der Waals surface area (Å²) in [5.74, 6) is -0.499. The molecule has 0 N–H and O–H groups in total. The summed E-state index contributed by atoms with van der Waals surface area (Å²) in [6.07, 6.45) is 0.294. The third-order valence-corrected chi connectivity index (χ3v) is 6.20. The Morgan fingerprint density at radius 2 is 2.11 bits per heavy atom. The van der Waals surface area contributed by atoms with Gasteiger partial charge in [-0.3, -0.25) is 4.18 Å². The van der Waals surface area contributed by atoms with Gasteiger partial charge in [0.15, 0.2) is 0 Å². The Balaban J connectivity index is 1.91. The molecular weight excluding hydrogens is 256 g/mol. The third-order valence-electron chi connectivity index (χ3n) is 4.45. The lowest BCUT2D eigenvalue weighted by atomic mass is 9.82. The maximum atomic E-state index is 11.8. The van der Waals surface area contributed by atoms with E-state index >= 15 is 0 Å². The Hall–Kier alpha value is -0.880. The highest BCUT2D eigenvalue weighted by atomic mass is 32.2. The predicted molar refractivity (Wildman–Crippen MR) is 63.1 cm³/mol. The molecule has 0 spiro atoms. The number of fused-ring (bicyclic) bond motifs is 1. The van der Waals surface area contributed by atoms with Crippen LogP contribution in [0.4, 0.5) is 0 Å². The van der Waals surface area contributed by atoms with Crippen molar-refractivity contribution < 1.29 is 22.1 Å². The van der Waals surface area contributed by atoms with Crippen LogP contribution in [0, 0.1) is 11.3 Å². The van der Waals surface area contributed by atoms with Gasteiger partial charge in [0.05, 0.1) is 5.25 Å². The highest BCUT2D eigenvalue weighted by Gasteiger charge is 2.70. The maximum Gasteiger partial charge on any atom is 0.333 e. The first-order chi connectivity index (χ1) is 8.24. The fraction of sp³-hybridized carbons (Fsp3) is 0.750. The van der Waals surface area contributed by atoms with Crippen LogP contribution in [0.5, 0.6) is 0 Å². The standard InChI is InChI=1S/C12H16O5S/c1-6(2)11(13)16-10-9-7-4-12(10,3)5-8(7)18(14,15)17-9/h7-10H,1,4-5H2,2-3H3. The van der Waals surface area contributed by atoms with Crippen molar-refractivity contribution in [1.29, 1.82) is 0 Å². The second kappa shape index (κ2) is 3.36. The number of hydrogen-bond acceptors (Lipinski definition) is 5. The minimum absolute atomic E-state index is 0.0251. The van der Waals surface area contributed by atoms with Crippen LogP contribution in [0.25, 0.3) is 0 Å². The molecule has 0 amide bonds. The molecule has 3 fully saturated rings. The largest absolute Gasteiger partial charge is 0.456 e. The summed E-state index contributed by atoms with van der Waals surface area (Å²) in [5.41, 5.74) is 0.0353. The first-order valence-corrected chi connectivity index (χ1v) is 7.50. The summed E-state index contributed by atoms with van der Waals surface area (Å²) in [5, 5.41) is -0.410. The lowest BCUT2D eigenvalue weighted by molar-refractivity contribution is -0.155. The first-order valence-electron chi connectivity index (χ1n) is 6.03. The number of carbonyl (C=O) groups excluding carboxylic acids is 1. The van der Waals surface area contributed by atoms with Crippen molar-refractivity contribution in [3.05, 3.63) is 12.2 Å². The van der Waals surface area contributed by atoms with Gasteiger partial charge in [0.2, 0.25) is 0 Å². The van der Waals surface area contributed by atoms with Gasteiger partial charge in [-0.25, -0.2) is 4.79 Å². The Labute approximate surface area is 106 Å². The van der Waals surface area contributed by atoms with Crippen molar-refractivity contribution in [1.82, 2.24) is 0 Å². The average molecular weight is 272 g/mol. The number of ether oxygens (including phenoxy) is 1. The zero-order valence-corrected chi connectivity index (χ0v) is 11.2. The summed E-state index contributed by atoms with van der Waals surface area (Å²) >= 11 is 0. The van der Waals surface area contributed by atoms with E-state index < -0.39 is 33.5 Å². The molecule has 3 rings (SSSR count). The van der Waals surface area contributed by atoms with Crippen LogP contribution < -0.4 is 0 Å². The predicted octanol–water partition coefficient (Wildman–Crippen LogP) is 1.00. The summed E-state index contributed by atoms with van der Waals surface area (Å²) < 4.78 is 34.2. The molecule has 2 aliphatic carbocycles. The maximum absolute atomic E-state index is 11.8. The summed E-state index contributed by atoms with van der Waals surface area (Å²) in [6.45, 7) is 7.09. The van der Waals surface area contributed by atoms with E-state index in [1.165, 1.54) is 0 Å². The van der Waals surface area contributed by atoms with E-state index in [0.29, 0.717) is 12.0 Å². The van der Waals surface area contributed by atoms with Crippen LogP contribution in [0.15, 0.2) is 12.2 Å². The van der Waals surface area contributed by atoms with Gasteiger partial charge in [0.1, 0.15) is 12.2 Å². The van der Waals surface area contributed by atoms with Crippen LogP contribution >= 0.6 is 0 Å². The lowest BCUT2D eigenvalue weighted by Crippen LogP contribution is -2.42. The van der Waals surface area contributed by atoms with Gasteiger partial charge in [-0.1, -0.05) is 13.5 Å². The molecule has 6 heteroatoms. The van der Waals surface area contributed by atoms with Gasteiger partial charge in [-0.2, -0.15) is 8.42 Å². The summed E-state index contributed by atoms with van der Waals surface area (Å²) in [6, 6.07) is 0. The molecule has 2 bridgehead atoms. The smallest absolute Gasteiger partial charge is 0.333 e. The molecule has 100 valence electrons. The van der Waals surface area contributed by atoms with E-state index in [2.05, 4.69) is 6.58 Å². The molecule has 18 heavy (non-hydrogen) atoms. The molecular formula is C12H16O5S. The van der Waals surface area contributed by atoms with Crippen molar-refractivity contribution in [2.24, 2.45) is 11.3 Å². The Morgan fingerprint density at radius 1 is 1.44 bits per heavy atom. The van der Waals surface area contributed by atoms with Crippen molar-refractivity contribution in [2.45, 2.75) is 44.1 Å². The molecule has 0 radical (unpaired) electrons. The fourth-order valence-corrected chi connectivity index (χ4v) is 5.59. The van der Waals surface area contributed by atoms with Crippen LogP contribution in [0.3, 0.4) is 0 Å². The molecule has 0 aromatic heterocycles. The van der Waals surface area contributed by atoms with E-state index in [4.69, 9.17) is 8.92 Å². The molecule has 5 unspecified atom stereocenters. The van der Waals surface area contributed by atoms with Crippen LogP contribution in [-0.2, 0) is 23.8 Å². The van der Waals surface area contributed by atoms with E-state index in [9.17, 15) is 13.2 Å². The van der Waals surface area contributed by atoms with Crippen molar-refractivity contribution in [3.63, 3.8) is 0 Å². The SMILES string of the molecule is C=C(C)C(=O)OC1C2OS(=O)(=O)C3CC1(C)CC23. The Kier molecular flexibility index (Phi) is 2.27. The zero-order valence-electron chi connectivity index (χ0n) is 10.4. The third kappa shape index (κ3) is 1.42. The summed E-state index contributed by atoms with van der Waals surface area (Å²) in [7, 11) is -3.47. The van der Waals surface area contributed by atoms with Gasteiger partial charge in [-0.15, -0.1) is 0 Å². The monoisotopic (exact) mass is 272 g/mol. The second-order valence-corrected chi connectivity index (χ2v) is 7.71. The average Bonchev–Trinajstić information content (AvgIpc) is 2.77. The highest BCUT2D eigenvalue weighted by Crippen LogP contribution is 2.62. The van der Waals surface area contributed by atoms with E-state index in [1.54, 1.807) is 6.92 Å². The van der Waals surface area contributed by atoms with Gasteiger partial charge in [-0.05, 0) is 19.8 Å². The molecule has 1 saturated heterocycles. The topological polar surface area (TPSA) is 69.7 Å². The molecule has 1 aliphatic heterocycles. The molecule has 2 saturated carbocycles. The Morgan fingerprint density at radius 3 is 2.72 bits per heavy atom. The Bertz CT molecular complexity index is 537. The number of carbonyl (C=O) groups is 1. The van der Waals surface area contributed by atoms with Crippen LogP contribution in [-0.4, -0.2) is 31.8 Å². The van der Waals surface area contributed by atoms with E-state index in [1.807, 2.05) is 6.92 Å².